The molecule has 0 radical (unpaired) electrons. The highest BCUT2D eigenvalue weighted by Crippen LogP contribution is 2.53. The number of rotatable bonds is 9. The van der Waals surface area contributed by atoms with E-state index in [0.29, 0.717) is 22.8 Å². The molecule has 1 heterocycles. The van der Waals surface area contributed by atoms with Crippen molar-refractivity contribution in [3.8, 4) is 12.3 Å². The van der Waals surface area contributed by atoms with Gasteiger partial charge in [0.25, 0.3) is 0 Å². The Kier molecular flexibility index (Phi) is 9.50. The molecule has 5 unspecified atom stereocenters. The van der Waals surface area contributed by atoms with Crippen LogP contribution in [0.3, 0.4) is 0 Å². The van der Waals surface area contributed by atoms with Crippen molar-refractivity contribution >= 4 is 5.70 Å². The molecule has 2 saturated carbocycles. The van der Waals surface area contributed by atoms with Crippen molar-refractivity contribution in [2.45, 2.75) is 98.0 Å². The fourth-order valence-electron chi connectivity index (χ4n) is 7.06. The zero-order valence-electron chi connectivity index (χ0n) is 23.1. The summed E-state index contributed by atoms with van der Waals surface area (Å²) in [6.45, 7) is 17.0. The molecule has 1 aliphatic heterocycles. The average Bonchev–Trinajstić information content (AvgIpc) is 3.53. The second-order valence-electron chi connectivity index (χ2n) is 11.6. The third-order valence-corrected chi connectivity index (χ3v) is 9.18. The number of nitrogens with zero attached hydrogens (tertiary/aromatic N) is 1. The lowest BCUT2D eigenvalue weighted by Gasteiger charge is -2.35. The molecule has 3 aliphatic rings. The number of hydrogen-bond donors (Lipinski definition) is 0. The predicted octanol–water partition coefficient (Wildman–Crippen LogP) is 8.07. The normalized spacial score (nSPS) is 30.1. The minimum atomic E-state index is -0.0969. The van der Waals surface area contributed by atoms with Gasteiger partial charge in [0.05, 0.1) is 6.10 Å². The highest BCUT2D eigenvalue weighted by Gasteiger charge is 2.43. The summed E-state index contributed by atoms with van der Waals surface area (Å²) in [4.78, 5) is 2.21. The van der Waals surface area contributed by atoms with E-state index in [1.807, 2.05) is 6.07 Å². The molecule has 3 heteroatoms. The van der Waals surface area contributed by atoms with E-state index in [2.05, 4.69) is 57.6 Å². The minimum Gasteiger partial charge on any atom is -0.379 e. The SMILES string of the molecule is C#CC.C=C(c1cc(C2CC2)c(CCC2(CC)CC(C)CC2CC)cc1F)N1CC(C)C(OC)C1. The predicted molar refractivity (Wildman–Crippen MR) is 147 cm³/mol. The molecule has 35 heavy (non-hydrogen) atoms. The van der Waals surface area contributed by atoms with Crippen molar-refractivity contribution in [2.24, 2.45) is 23.2 Å². The van der Waals surface area contributed by atoms with Crippen LogP contribution < -0.4 is 0 Å². The molecule has 194 valence electrons. The Morgan fingerprint density at radius 2 is 1.94 bits per heavy atom. The van der Waals surface area contributed by atoms with E-state index in [-0.39, 0.29) is 11.9 Å². The van der Waals surface area contributed by atoms with E-state index < -0.39 is 0 Å². The summed E-state index contributed by atoms with van der Waals surface area (Å²) in [5.41, 5.74) is 4.61. The fraction of sp³-hybridized carbons (Fsp3) is 0.688. The highest BCUT2D eigenvalue weighted by atomic mass is 19.1. The minimum absolute atomic E-state index is 0.0969. The summed E-state index contributed by atoms with van der Waals surface area (Å²) < 4.78 is 21.1. The van der Waals surface area contributed by atoms with E-state index in [1.165, 1.54) is 56.1 Å². The largest absolute Gasteiger partial charge is 0.379 e. The van der Waals surface area contributed by atoms with Crippen LogP contribution >= 0.6 is 0 Å². The van der Waals surface area contributed by atoms with Crippen LogP contribution in [0.15, 0.2) is 18.7 Å². The maximum Gasteiger partial charge on any atom is 0.132 e. The summed E-state index contributed by atoms with van der Waals surface area (Å²) in [5.74, 6) is 4.85. The maximum absolute atomic E-state index is 15.5. The van der Waals surface area contributed by atoms with Crippen molar-refractivity contribution in [3.63, 3.8) is 0 Å². The van der Waals surface area contributed by atoms with E-state index in [9.17, 15) is 0 Å². The topological polar surface area (TPSA) is 12.5 Å². The third kappa shape index (κ3) is 6.14. The zero-order chi connectivity index (χ0) is 25.8. The Bertz CT molecular complexity index is 913. The summed E-state index contributed by atoms with van der Waals surface area (Å²) in [6, 6.07) is 4.02. The quantitative estimate of drug-likeness (QED) is 0.331. The molecule has 0 aromatic heterocycles. The van der Waals surface area contributed by atoms with Crippen LogP contribution in [0.2, 0.25) is 0 Å². The number of likely N-dealkylation sites (tertiary alicyclic amines) is 1. The first-order valence-electron chi connectivity index (χ1n) is 13.9. The summed E-state index contributed by atoms with van der Waals surface area (Å²) in [6.07, 6.45) is 14.7. The average molecular weight is 482 g/mol. The number of ether oxygens (including phenoxy) is 1. The van der Waals surface area contributed by atoms with Gasteiger partial charge >= 0.3 is 0 Å². The standard InChI is InChI=1S/C29H44FNO.C3H4/c1-7-24-13-19(3)16-29(24,8-2)12-11-23-14-27(30)25(15-26(23)22-9-10-22)21(5)31-17-20(4)28(18-31)32-6;1-3-2/h14-15,19-20,22,24,28H,5,7-13,16-18H2,1-4,6H3;1H,2H3. The van der Waals surface area contributed by atoms with Gasteiger partial charge in [-0.1, -0.05) is 47.1 Å². The van der Waals surface area contributed by atoms with Crippen LogP contribution in [-0.2, 0) is 11.2 Å². The summed E-state index contributed by atoms with van der Waals surface area (Å²) in [5, 5.41) is 0. The van der Waals surface area contributed by atoms with Gasteiger partial charge in [-0.2, -0.15) is 0 Å². The van der Waals surface area contributed by atoms with Gasteiger partial charge in [-0.25, -0.2) is 4.39 Å². The van der Waals surface area contributed by atoms with Crippen molar-refractivity contribution in [2.75, 3.05) is 20.2 Å². The van der Waals surface area contributed by atoms with Gasteiger partial charge in [0.15, 0.2) is 0 Å². The first kappa shape index (κ1) is 27.8. The molecule has 4 rings (SSSR count). The number of terminal acetylenes is 1. The van der Waals surface area contributed by atoms with E-state index in [0.717, 1.165) is 37.0 Å². The molecule has 0 amide bonds. The van der Waals surface area contributed by atoms with Gasteiger partial charge in [0.2, 0.25) is 0 Å². The van der Waals surface area contributed by atoms with Gasteiger partial charge in [-0.15, -0.1) is 12.3 Å². The molecule has 2 aliphatic carbocycles. The van der Waals surface area contributed by atoms with Gasteiger partial charge < -0.3 is 9.64 Å². The van der Waals surface area contributed by atoms with Gasteiger partial charge in [-0.05, 0) is 91.9 Å². The smallest absolute Gasteiger partial charge is 0.132 e. The Hall–Kier alpha value is -1.79. The Labute approximate surface area is 214 Å². The molecule has 2 nitrogen and oxygen atoms in total. The van der Waals surface area contributed by atoms with Crippen molar-refractivity contribution in [1.29, 1.82) is 0 Å². The second kappa shape index (κ2) is 12.0. The monoisotopic (exact) mass is 481 g/mol. The van der Waals surface area contributed by atoms with Gasteiger partial charge in [0.1, 0.15) is 5.82 Å². The molecular weight excluding hydrogens is 433 g/mol. The number of hydrogen-bond acceptors (Lipinski definition) is 2. The summed E-state index contributed by atoms with van der Waals surface area (Å²) >= 11 is 0. The molecular formula is C32H48FNO. The van der Waals surface area contributed by atoms with Crippen LogP contribution in [-0.4, -0.2) is 31.2 Å². The van der Waals surface area contributed by atoms with Crippen LogP contribution in [0, 0.1) is 41.3 Å². The molecule has 5 atom stereocenters. The molecule has 1 aromatic carbocycles. The first-order valence-corrected chi connectivity index (χ1v) is 13.9. The number of benzene rings is 1. The third-order valence-electron chi connectivity index (χ3n) is 9.18. The number of methoxy groups -OCH3 is 1. The Balaban J connectivity index is 0.00000108. The van der Waals surface area contributed by atoms with Crippen molar-refractivity contribution in [1.82, 2.24) is 4.90 Å². The zero-order valence-corrected chi connectivity index (χ0v) is 23.1. The van der Waals surface area contributed by atoms with Crippen molar-refractivity contribution < 1.29 is 9.13 Å². The van der Waals surface area contributed by atoms with E-state index >= 15 is 4.39 Å². The highest BCUT2D eigenvalue weighted by molar-refractivity contribution is 5.65. The van der Waals surface area contributed by atoms with Crippen LogP contribution in [0.4, 0.5) is 4.39 Å². The molecule has 1 saturated heterocycles. The van der Waals surface area contributed by atoms with Crippen molar-refractivity contribution in [3.05, 3.63) is 41.2 Å². The second-order valence-corrected chi connectivity index (χ2v) is 11.6. The van der Waals surface area contributed by atoms with E-state index in [1.54, 1.807) is 14.0 Å². The van der Waals surface area contributed by atoms with Crippen LogP contribution in [0.1, 0.15) is 102 Å². The first-order chi connectivity index (χ1) is 16.7. The van der Waals surface area contributed by atoms with Gasteiger partial charge in [0, 0.05) is 37.4 Å². The number of halogens is 1. The fourth-order valence-corrected chi connectivity index (χ4v) is 7.06. The Morgan fingerprint density at radius 3 is 2.49 bits per heavy atom. The lowest BCUT2D eigenvalue weighted by molar-refractivity contribution is 0.0863. The van der Waals surface area contributed by atoms with E-state index in [4.69, 9.17) is 4.74 Å². The molecule has 3 fully saturated rings. The Morgan fingerprint density at radius 1 is 1.26 bits per heavy atom. The summed E-state index contributed by atoms with van der Waals surface area (Å²) in [7, 11) is 1.77. The maximum atomic E-state index is 15.5. The molecule has 0 bridgehead atoms. The van der Waals surface area contributed by atoms with Crippen LogP contribution in [0.5, 0.6) is 0 Å². The van der Waals surface area contributed by atoms with Crippen LogP contribution in [0.25, 0.3) is 5.70 Å². The molecule has 1 aromatic rings. The lowest BCUT2D eigenvalue weighted by atomic mass is 9.70. The molecule has 0 spiro atoms. The number of aryl methyl sites for hydroxylation is 1. The molecule has 0 N–H and O–H groups in total. The lowest BCUT2D eigenvalue weighted by Crippen LogP contribution is -2.25. The van der Waals surface area contributed by atoms with Gasteiger partial charge in [-0.3, -0.25) is 0 Å².